The molecule has 0 aliphatic carbocycles. The van der Waals surface area contributed by atoms with E-state index in [1.807, 2.05) is 30.0 Å². The van der Waals surface area contributed by atoms with Crippen LogP contribution in [0.1, 0.15) is 5.56 Å². The van der Waals surface area contributed by atoms with Gasteiger partial charge in [0.05, 0.1) is 0 Å². The number of nitrogens with zero attached hydrogens (tertiary/aromatic N) is 2. The number of rotatable bonds is 5. The quantitative estimate of drug-likeness (QED) is 0.806. The predicted molar refractivity (Wildman–Crippen MR) is 106 cm³/mol. The van der Waals surface area contributed by atoms with Crippen LogP contribution in [-0.2, 0) is 17.9 Å². The highest BCUT2D eigenvalue weighted by molar-refractivity contribution is 9.10. The van der Waals surface area contributed by atoms with Gasteiger partial charge in [0.1, 0.15) is 6.54 Å². The molecule has 1 aromatic heterocycles. The third-order valence-corrected chi connectivity index (χ3v) is 5.39. The summed E-state index contributed by atoms with van der Waals surface area (Å²) >= 11 is 5.31. The molecule has 1 aliphatic heterocycles. The number of hydrogen-bond donors (Lipinski definition) is 1. The molecule has 5 nitrogen and oxygen atoms in total. The first-order valence-electron chi connectivity index (χ1n) is 8.15. The molecule has 0 unspecified atom stereocenters. The molecule has 3 rings (SSSR count). The maximum absolute atomic E-state index is 12.2. The highest BCUT2D eigenvalue weighted by Crippen LogP contribution is 2.16. The van der Waals surface area contributed by atoms with Crippen molar-refractivity contribution in [2.75, 3.05) is 29.9 Å². The topological polar surface area (TPSA) is 54.3 Å². The minimum Gasteiger partial charge on any atom is -0.325 e. The summed E-state index contributed by atoms with van der Waals surface area (Å²) in [6.45, 7) is 3.10. The van der Waals surface area contributed by atoms with Crippen molar-refractivity contribution in [3.8, 4) is 0 Å². The molecule has 1 fully saturated rings. The Morgan fingerprint density at radius 1 is 1.20 bits per heavy atom. The highest BCUT2D eigenvalue weighted by Gasteiger charge is 2.11. The standard InChI is InChI=1S/C18H20BrN3O2S/c19-15-4-5-18(24)22(12-15)13-17(23)20-16-3-1-2-14(10-16)11-21-6-8-25-9-7-21/h1-5,10,12H,6-9,11,13H2,(H,20,23). The molecule has 0 spiro atoms. The van der Waals surface area contributed by atoms with Gasteiger partial charge in [-0.15, -0.1) is 0 Å². The van der Waals surface area contributed by atoms with Gasteiger partial charge in [0.15, 0.2) is 0 Å². The summed E-state index contributed by atoms with van der Waals surface area (Å²) in [7, 11) is 0. The summed E-state index contributed by atoms with van der Waals surface area (Å²) in [5.41, 5.74) is 1.75. The van der Waals surface area contributed by atoms with Gasteiger partial charge in [0, 0.05) is 53.6 Å². The van der Waals surface area contributed by atoms with Crippen LogP contribution in [0.25, 0.3) is 0 Å². The number of benzene rings is 1. The van der Waals surface area contributed by atoms with Gasteiger partial charge in [-0.1, -0.05) is 12.1 Å². The van der Waals surface area contributed by atoms with Gasteiger partial charge in [0.25, 0.3) is 5.56 Å². The van der Waals surface area contributed by atoms with E-state index in [0.717, 1.165) is 29.8 Å². The number of hydrogen-bond acceptors (Lipinski definition) is 4. The van der Waals surface area contributed by atoms with E-state index in [1.54, 1.807) is 12.3 Å². The molecule has 1 amide bonds. The van der Waals surface area contributed by atoms with Crippen LogP contribution in [0.2, 0.25) is 0 Å². The molecule has 2 heterocycles. The first kappa shape index (κ1) is 18.2. The molecule has 1 saturated heterocycles. The minimum absolute atomic E-state index is 0.00809. The van der Waals surface area contributed by atoms with Crippen molar-refractivity contribution in [3.05, 3.63) is 63.0 Å². The Morgan fingerprint density at radius 2 is 2.00 bits per heavy atom. The van der Waals surface area contributed by atoms with Crippen molar-refractivity contribution in [2.45, 2.75) is 13.1 Å². The molecule has 2 aromatic rings. The molecule has 25 heavy (non-hydrogen) atoms. The molecule has 1 aromatic carbocycles. The van der Waals surface area contributed by atoms with E-state index in [0.29, 0.717) is 0 Å². The van der Waals surface area contributed by atoms with Crippen LogP contribution in [0.3, 0.4) is 0 Å². The number of amides is 1. The summed E-state index contributed by atoms with van der Waals surface area (Å²) in [5.74, 6) is 2.14. The second-order valence-electron chi connectivity index (χ2n) is 5.95. The lowest BCUT2D eigenvalue weighted by molar-refractivity contribution is -0.116. The largest absolute Gasteiger partial charge is 0.325 e. The Hall–Kier alpha value is -1.57. The van der Waals surface area contributed by atoms with Crippen LogP contribution in [0, 0.1) is 0 Å². The van der Waals surface area contributed by atoms with Crippen molar-refractivity contribution in [2.24, 2.45) is 0 Å². The van der Waals surface area contributed by atoms with E-state index in [9.17, 15) is 9.59 Å². The number of thioether (sulfide) groups is 1. The summed E-state index contributed by atoms with van der Waals surface area (Å²) in [5, 5.41) is 2.88. The second kappa shape index (κ2) is 8.69. The van der Waals surface area contributed by atoms with Crippen LogP contribution < -0.4 is 10.9 Å². The number of halogens is 1. The molecule has 1 aliphatic rings. The maximum Gasteiger partial charge on any atom is 0.251 e. The Kier molecular flexibility index (Phi) is 6.34. The fraction of sp³-hybridized carbons (Fsp3) is 0.333. The van der Waals surface area contributed by atoms with E-state index in [2.05, 4.69) is 32.2 Å². The normalized spacial score (nSPS) is 15.1. The smallest absolute Gasteiger partial charge is 0.251 e. The third-order valence-electron chi connectivity index (χ3n) is 3.98. The fourth-order valence-corrected chi connectivity index (χ4v) is 4.10. The molecule has 0 radical (unpaired) electrons. The summed E-state index contributed by atoms with van der Waals surface area (Å²) < 4.78 is 2.15. The van der Waals surface area contributed by atoms with Gasteiger partial charge < -0.3 is 9.88 Å². The van der Waals surface area contributed by atoms with Crippen LogP contribution in [0.4, 0.5) is 5.69 Å². The molecule has 0 atom stereocenters. The zero-order valence-electron chi connectivity index (χ0n) is 13.8. The number of aromatic nitrogens is 1. The monoisotopic (exact) mass is 421 g/mol. The van der Waals surface area contributed by atoms with Gasteiger partial charge in [-0.05, 0) is 39.7 Å². The van der Waals surface area contributed by atoms with E-state index < -0.39 is 0 Å². The van der Waals surface area contributed by atoms with E-state index in [1.165, 1.54) is 27.7 Å². The molecule has 0 saturated carbocycles. The SMILES string of the molecule is O=C(Cn1cc(Br)ccc1=O)Nc1cccc(CN2CCSCC2)c1. The Balaban J connectivity index is 1.62. The van der Waals surface area contributed by atoms with Crippen molar-refractivity contribution in [3.63, 3.8) is 0 Å². The zero-order chi connectivity index (χ0) is 17.6. The van der Waals surface area contributed by atoms with Crippen LogP contribution in [-0.4, -0.2) is 40.0 Å². The molecule has 0 bridgehead atoms. The average Bonchev–Trinajstić information content (AvgIpc) is 2.59. The number of pyridine rings is 1. The lowest BCUT2D eigenvalue weighted by Gasteiger charge is -2.26. The van der Waals surface area contributed by atoms with Crippen LogP contribution in [0.5, 0.6) is 0 Å². The first-order valence-corrected chi connectivity index (χ1v) is 10.1. The second-order valence-corrected chi connectivity index (χ2v) is 8.09. The first-order chi connectivity index (χ1) is 12.1. The van der Waals surface area contributed by atoms with Crippen molar-refractivity contribution < 1.29 is 4.79 Å². The molecular formula is C18H20BrN3O2S. The number of carbonyl (C=O) groups excluding carboxylic acids is 1. The Bertz CT molecular complexity index is 803. The summed E-state index contributed by atoms with van der Waals surface area (Å²) in [6.07, 6.45) is 1.62. The number of anilines is 1. The third kappa shape index (κ3) is 5.45. The molecular weight excluding hydrogens is 402 g/mol. The lowest BCUT2D eigenvalue weighted by atomic mass is 10.2. The van der Waals surface area contributed by atoms with Gasteiger partial charge in [-0.2, -0.15) is 11.8 Å². The minimum atomic E-state index is -0.216. The molecule has 7 heteroatoms. The molecule has 132 valence electrons. The predicted octanol–water partition coefficient (Wildman–Crippen LogP) is 2.80. The van der Waals surface area contributed by atoms with E-state index in [-0.39, 0.29) is 18.0 Å². The van der Waals surface area contributed by atoms with Gasteiger partial charge in [0.2, 0.25) is 5.91 Å². The van der Waals surface area contributed by atoms with Crippen LogP contribution in [0.15, 0.2) is 51.9 Å². The average molecular weight is 422 g/mol. The van der Waals surface area contributed by atoms with Crippen molar-refractivity contribution in [1.82, 2.24) is 9.47 Å². The van der Waals surface area contributed by atoms with Gasteiger partial charge >= 0.3 is 0 Å². The number of carbonyl (C=O) groups is 1. The maximum atomic E-state index is 12.2. The highest BCUT2D eigenvalue weighted by atomic mass is 79.9. The van der Waals surface area contributed by atoms with Crippen LogP contribution >= 0.6 is 27.7 Å². The zero-order valence-corrected chi connectivity index (χ0v) is 16.2. The molecule has 1 N–H and O–H groups in total. The van der Waals surface area contributed by atoms with Crippen molar-refractivity contribution in [1.29, 1.82) is 0 Å². The lowest BCUT2D eigenvalue weighted by Crippen LogP contribution is -2.32. The van der Waals surface area contributed by atoms with E-state index >= 15 is 0 Å². The summed E-state index contributed by atoms with van der Waals surface area (Å²) in [6, 6.07) is 11.0. The van der Waals surface area contributed by atoms with Gasteiger partial charge in [-0.25, -0.2) is 0 Å². The Labute approximate surface area is 159 Å². The fourth-order valence-electron chi connectivity index (χ4n) is 2.75. The Morgan fingerprint density at radius 3 is 2.80 bits per heavy atom. The van der Waals surface area contributed by atoms with Crippen molar-refractivity contribution >= 4 is 39.3 Å². The van der Waals surface area contributed by atoms with E-state index in [4.69, 9.17) is 0 Å². The summed E-state index contributed by atoms with van der Waals surface area (Å²) in [4.78, 5) is 26.5. The van der Waals surface area contributed by atoms with Gasteiger partial charge in [-0.3, -0.25) is 14.5 Å². The number of nitrogens with one attached hydrogen (secondary N) is 1.